The van der Waals surface area contributed by atoms with Crippen LogP contribution in [0.1, 0.15) is 65.7 Å². The molecule has 0 unspecified atom stereocenters. The lowest BCUT2D eigenvalue weighted by molar-refractivity contribution is -0.138. The highest BCUT2D eigenvalue weighted by Crippen LogP contribution is 2.51. The third-order valence-electron chi connectivity index (χ3n) is 8.34. The second-order valence-corrected chi connectivity index (χ2v) is 10.4. The minimum Gasteiger partial charge on any atom is -0.378 e. The first kappa shape index (κ1) is 22.8. The monoisotopic (exact) mass is 479 g/mol. The zero-order valence-corrected chi connectivity index (χ0v) is 20.5. The predicted octanol–water partition coefficient (Wildman–Crippen LogP) is 5.73. The molecule has 0 spiro atoms. The van der Waals surface area contributed by atoms with Crippen molar-refractivity contribution in [3.05, 3.63) is 102 Å². The summed E-state index contributed by atoms with van der Waals surface area (Å²) >= 11 is 0. The van der Waals surface area contributed by atoms with Gasteiger partial charge in [-0.15, -0.1) is 0 Å². The molecule has 6 rings (SSSR count). The number of carbonyl (C=O) groups excluding carboxylic acids is 2. The van der Waals surface area contributed by atoms with Crippen molar-refractivity contribution in [3.8, 4) is 0 Å². The maximum atomic E-state index is 14.2. The third-order valence-corrected chi connectivity index (χ3v) is 8.34. The number of hydrogen-bond acceptors (Lipinski definition) is 3. The summed E-state index contributed by atoms with van der Waals surface area (Å²) in [4.78, 5) is 29.3. The molecule has 1 saturated heterocycles. The molecule has 5 heteroatoms. The molecule has 36 heavy (non-hydrogen) atoms. The molecule has 1 aliphatic carbocycles. The summed E-state index contributed by atoms with van der Waals surface area (Å²) in [6.07, 6.45) is 4.71. The third kappa shape index (κ3) is 4.17. The first-order chi connectivity index (χ1) is 17.7. The lowest BCUT2D eigenvalue weighted by atomic mass is 9.79. The Labute approximate surface area is 212 Å². The van der Waals surface area contributed by atoms with Crippen molar-refractivity contribution in [1.29, 1.82) is 0 Å². The van der Waals surface area contributed by atoms with E-state index in [4.69, 9.17) is 0 Å². The molecule has 5 nitrogen and oxygen atoms in total. The number of likely N-dealkylation sites (tertiary alicyclic amines) is 1. The molecule has 2 N–H and O–H groups in total. The van der Waals surface area contributed by atoms with Crippen LogP contribution in [-0.2, 0) is 4.79 Å². The van der Waals surface area contributed by atoms with E-state index in [0.717, 1.165) is 44.3 Å². The Morgan fingerprint density at radius 3 is 2.31 bits per heavy atom. The summed E-state index contributed by atoms with van der Waals surface area (Å²) < 4.78 is 0. The average molecular weight is 480 g/mol. The number of nitrogens with one attached hydrogen (secondary N) is 2. The van der Waals surface area contributed by atoms with Crippen LogP contribution in [0.5, 0.6) is 0 Å². The van der Waals surface area contributed by atoms with Gasteiger partial charge >= 0.3 is 0 Å². The van der Waals surface area contributed by atoms with Crippen LogP contribution < -0.4 is 10.6 Å². The quantitative estimate of drug-likeness (QED) is 0.502. The summed E-state index contributed by atoms with van der Waals surface area (Å²) in [6.45, 7) is 0.753. The van der Waals surface area contributed by atoms with Crippen molar-refractivity contribution in [2.75, 3.05) is 11.9 Å². The van der Waals surface area contributed by atoms with Gasteiger partial charge in [-0.2, -0.15) is 0 Å². The van der Waals surface area contributed by atoms with E-state index in [-0.39, 0.29) is 35.9 Å². The Balaban J connectivity index is 1.28. The predicted molar refractivity (Wildman–Crippen MR) is 141 cm³/mol. The summed E-state index contributed by atoms with van der Waals surface area (Å²) in [5.74, 6) is 0.245. The van der Waals surface area contributed by atoms with Crippen LogP contribution in [0.15, 0.2) is 84.9 Å². The minimum atomic E-state index is -0.178. The van der Waals surface area contributed by atoms with Crippen LogP contribution in [-0.4, -0.2) is 29.3 Å². The highest BCUT2D eigenvalue weighted by atomic mass is 16.2. The highest BCUT2D eigenvalue weighted by molar-refractivity contribution is 5.95. The smallest absolute Gasteiger partial charge is 0.251 e. The van der Waals surface area contributed by atoms with Gasteiger partial charge in [-0.25, -0.2) is 0 Å². The van der Waals surface area contributed by atoms with Gasteiger partial charge in [-0.1, -0.05) is 79.6 Å². The Hall–Kier alpha value is -3.60. The van der Waals surface area contributed by atoms with Crippen LogP contribution in [0.4, 0.5) is 5.69 Å². The fraction of sp³-hybridized carbons (Fsp3) is 0.355. The van der Waals surface area contributed by atoms with E-state index in [1.165, 1.54) is 11.1 Å². The maximum absolute atomic E-state index is 14.2. The molecular weight excluding hydrogens is 446 g/mol. The van der Waals surface area contributed by atoms with Crippen LogP contribution in [0.2, 0.25) is 0 Å². The van der Waals surface area contributed by atoms with Crippen LogP contribution in [0, 0.1) is 11.8 Å². The molecule has 3 aromatic carbocycles. The molecule has 2 aliphatic heterocycles. The molecule has 2 amide bonds. The molecule has 2 heterocycles. The average Bonchev–Trinajstić information content (AvgIpc) is 3.39. The maximum Gasteiger partial charge on any atom is 0.251 e. The van der Waals surface area contributed by atoms with Gasteiger partial charge in [0.05, 0.1) is 18.0 Å². The van der Waals surface area contributed by atoms with E-state index in [2.05, 4.69) is 70.1 Å². The Bertz CT molecular complexity index is 1230. The van der Waals surface area contributed by atoms with E-state index in [0.29, 0.717) is 11.5 Å². The van der Waals surface area contributed by atoms with Crippen molar-refractivity contribution in [2.24, 2.45) is 11.8 Å². The van der Waals surface area contributed by atoms with Crippen molar-refractivity contribution in [2.45, 2.75) is 50.2 Å². The van der Waals surface area contributed by atoms with Crippen LogP contribution in [0.25, 0.3) is 0 Å². The highest BCUT2D eigenvalue weighted by Gasteiger charge is 2.48. The van der Waals surface area contributed by atoms with E-state index >= 15 is 0 Å². The summed E-state index contributed by atoms with van der Waals surface area (Å²) in [5.41, 5.74) is 4.24. The molecule has 0 bridgehead atoms. The van der Waals surface area contributed by atoms with Gasteiger partial charge in [0.25, 0.3) is 5.91 Å². The number of carbonyl (C=O) groups is 2. The molecule has 1 saturated carbocycles. The van der Waals surface area contributed by atoms with Gasteiger partial charge in [0.15, 0.2) is 0 Å². The molecule has 2 fully saturated rings. The van der Waals surface area contributed by atoms with Crippen molar-refractivity contribution in [3.63, 3.8) is 0 Å². The second kappa shape index (κ2) is 9.81. The van der Waals surface area contributed by atoms with Crippen molar-refractivity contribution >= 4 is 17.5 Å². The van der Waals surface area contributed by atoms with Gasteiger partial charge in [0.2, 0.25) is 5.91 Å². The number of amides is 2. The number of anilines is 1. The number of rotatable bonds is 4. The Morgan fingerprint density at radius 2 is 1.50 bits per heavy atom. The number of para-hydroxylation sites is 1. The fourth-order valence-corrected chi connectivity index (χ4v) is 6.62. The van der Waals surface area contributed by atoms with E-state index in [1.807, 2.05) is 30.3 Å². The van der Waals surface area contributed by atoms with E-state index in [1.54, 1.807) is 0 Å². The zero-order valence-electron chi connectivity index (χ0n) is 20.5. The van der Waals surface area contributed by atoms with Gasteiger partial charge in [0, 0.05) is 29.8 Å². The number of hydrogen-bond donors (Lipinski definition) is 2. The standard InChI is InChI=1S/C31H33N3O2/c35-30(22-13-5-2-6-14-22)33-27-18-10-8-16-24(27)31(36)34-20-19-25-28(21-11-3-1-4-12-21)32-26-17-9-7-15-23(26)29(25)34/h1-7,9,11-15,17,24-25,27-29,32H,8,10,16,18-20H2,(H,33,35)/t24-,25+,27-,28-,29-/m0/s1. The normalized spacial score (nSPS) is 26.9. The lowest BCUT2D eigenvalue weighted by Gasteiger charge is -2.42. The second-order valence-electron chi connectivity index (χ2n) is 10.4. The molecule has 0 aromatic heterocycles. The molecule has 5 atom stereocenters. The largest absolute Gasteiger partial charge is 0.378 e. The van der Waals surface area contributed by atoms with E-state index in [9.17, 15) is 9.59 Å². The zero-order chi connectivity index (χ0) is 24.5. The SMILES string of the molecule is O=C(N[C@H]1CCCC[C@@H]1C(=O)N1CC[C@@H]2[C@H](c3ccccc3)Nc3ccccc3[C@@H]21)c1ccccc1. The van der Waals surface area contributed by atoms with Gasteiger partial charge < -0.3 is 15.5 Å². The molecule has 3 aliphatic rings. The molecule has 0 radical (unpaired) electrons. The van der Waals surface area contributed by atoms with Crippen LogP contribution in [0.3, 0.4) is 0 Å². The summed E-state index contributed by atoms with van der Waals surface area (Å²) in [5, 5.41) is 7.00. The number of benzene rings is 3. The van der Waals surface area contributed by atoms with Gasteiger partial charge in [-0.05, 0) is 48.6 Å². The summed E-state index contributed by atoms with van der Waals surface area (Å²) in [7, 11) is 0. The van der Waals surface area contributed by atoms with Crippen molar-refractivity contribution in [1.82, 2.24) is 10.2 Å². The Kier molecular flexibility index (Phi) is 6.22. The first-order valence-corrected chi connectivity index (χ1v) is 13.3. The molecule has 184 valence electrons. The van der Waals surface area contributed by atoms with Crippen LogP contribution >= 0.6 is 0 Å². The molecular formula is C31H33N3O2. The lowest BCUT2D eigenvalue weighted by Crippen LogP contribution is -2.50. The first-order valence-electron chi connectivity index (χ1n) is 13.3. The van der Waals surface area contributed by atoms with Gasteiger partial charge in [0.1, 0.15) is 0 Å². The summed E-state index contributed by atoms with van der Waals surface area (Å²) in [6, 6.07) is 28.4. The minimum absolute atomic E-state index is 0.0487. The Morgan fingerprint density at radius 1 is 0.806 bits per heavy atom. The van der Waals surface area contributed by atoms with Gasteiger partial charge in [-0.3, -0.25) is 9.59 Å². The topological polar surface area (TPSA) is 61.4 Å². The van der Waals surface area contributed by atoms with E-state index < -0.39 is 0 Å². The number of fused-ring (bicyclic) bond motifs is 3. The fourth-order valence-electron chi connectivity index (χ4n) is 6.62. The molecule has 3 aromatic rings. The number of nitrogens with zero attached hydrogens (tertiary/aromatic N) is 1. The van der Waals surface area contributed by atoms with Crippen molar-refractivity contribution < 1.29 is 9.59 Å².